The molecule has 1 aliphatic heterocycles. The summed E-state index contributed by atoms with van der Waals surface area (Å²) in [6.07, 6.45) is 0. The summed E-state index contributed by atoms with van der Waals surface area (Å²) < 4.78 is 11.6. The number of rotatable bonds is 13. The number of nitrogens with one attached hydrogen (secondary N) is 3. The van der Waals surface area contributed by atoms with E-state index in [-0.39, 0.29) is 18.3 Å². The first-order valence-corrected chi connectivity index (χ1v) is 14.3. The molecule has 0 aromatic heterocycles. The fourth-order valence-corrected chi connectivity index (χ4v) is 4.92. The number of carboxylic acid groups (broad SMARTS) is 1. The molecule has 1 saturated heterocycles. The number of halogens is 1. The molecule has 0 unspecified atom stereocenters. The van der Waals surface area contributed by atoms with E-state index in [1.54, 1.807) is 42.5 Å². The normalized spacial score (nSPS) is 13.7. The number of carbonyl (C=O) groups is 2. The molecule has 11 nitrogen and oxygen atoms in total. The molecule has 4 rings (SSSR count). The van der Waals surface area contributed by atoms with Crippen molar-refractivity contribution in [1.29, 1.82) is 5.41 Å². The Morgan fingerprint density at radius 1 is 1.05 bits per heavy atom. The Hall–Kier alpha value is -4.32. The maximum Gasteiger partial charge on any atom is 0.341 e. The predicted octanol–water partition coefficient (Wildman–Crippen LogP) is 4.10. The number of hydrogen-bond acceptors (Lipinski definition) is 8. The number of nitrogens with two attached hydrogens (primary N) is 1. The van der Waals surface area contributed by atoms with Crippen molar-refractivity contribution in [2.45, 2.75) is 20.0 Å². The summed E-state index contributed by atoms with van der Waals surface area (Å²) in [5.74, 6) is -0.747. The lowest BCUT2D eigenvalue weighted by molar-refractivity contribution is -0.139. The van der Waals surface area contributed by atoms with Crippen LogP contribution in [-0.4, -0.2) is 79.1 Å². The average molecular weight is 609 g/mol. The average Bonchev–Trinajstić information content (AvgIpc) is 2.97. The molecule has 0 radical (unpaired) electrons. The van der Waals surface area contributed by atoms with E-state index in [4.69, 9.17) is 32.2 Å². The van der Waals surface area contributed by atoms with Crippen molar-refractivity contribution in [3.05, 3.63) is 81.9 Å². The van der Waals surface area contributed by atoms with Crippen LogP contribution in [0.2, 0.25) is 5.02 Å². The second-order valence-corrected chi connectivity index (χ2v) is 10.7. The highest BCUT2D eigenvalue weighted by Crippen LogP contribution is 2.35. The number of aliphatic carboxylic acids is 1. The van der Waals surface area contributed by atoms with Crippen molar-refractivity contribution in [3.63, 3.8) is 0 Å². The van der Waals surface area contributed by atoms with E-state index in [0.717, 1.165) is 31.7 Å². The van der Waals surface area contributed by atoms with Crippen LogP contribution in [0.4, 0.5) is 11.4 Å². The molecule has 3 aromatic rings. The van der Waals surface area contributed by atoms with E-state index in [1.807, 2.05) is 19.1 Å². The molecular formula is C31H37ClN6O5. The summed E-state index contributed by atoms with van der Waals surface area (Å²) >= 11 is 6.27. The lowest BCUT2D eigenvalue weighted by atomic mass is 10.1. The molecule has 1 fully saturated rings. The summed E-state index contributed by atoms with van der Waals surface area (Å²) in [4.78, 5) is 29.3. The lowest BCUT2D eigenvalue weighted by Gasteiger charge is -2.32. The molecule has 12 heteroatoms. The van der Waals surface area contributed by atoms with Crippen LogP contribution in [0.3, 0.4) is 0 Å². The highest BCUT2D eigenvalue weighted by Gasteiger charge is 2.20. The lowest BCUT2D eigenvalue weighted by Crippen LogP contribution is -2.43. The van der Waals surface area contributed by atoms with Crippen molar-refractivity contribution >= 4 is 40.7 Å². The molecule has 0 saturated carbocycles. The zero-order valence-electron chi connectivity index (χ0n) is 24.3. The molecule has 1 aliphatic rings. The van der Waals surface area contributed by atoms with Crippen LogP contribution < -0.4 is 25.8 Å². The third-order valence-electron chi connectivity index (χ3n) is 6.98. The Morgan fingerprint density at radius 3 is 2.42 bits per heavy atom. The van der Waals surface area contributed by atoms with Gasteiger partial charge in [0.2, 0.25) is 0 Å². The highest BCUT2D eigenvalue weighted by atomic mass is 35.5. The van der Waals surface area contributed by atoms with Gasteiger partial charge in [0.05, 0.1) is 12.2 Å². The Bertz CT molecular complexity index is 1460. The summed E-state index contributed by atoms with van der Waals surface area (Å²) in [6.45, 7) is 6.48. The van der Waals surface area contributed by atoms with Crippen LogP contribution in [0.15, 0.2) is 54.6 Å². The third-order valence-corrected chi connectivity index (χ3v) is 7.22. The van der Waals surface area contributed by atoms with Gasteiger partial charge in [0, 0.05) is 66.8 Å². The summed E-state index contributed by atoms with van der Waals surface area (Å²) in [5.41, 5.74) is 9.14. The fraction of sp³-hybridized carbons (Fsp3) is 0.323. The maximum absolute atomic E-state index is 13.3. The minimum Gasteiger partial charge on any atom is -0.490 e. The number of carboxylic acids is 1. The standard InChI is InChI=1S/C31H37ClN6O5/c1-3-42-27-15-20(18-38-12-10-37(2)11-13-38)14-22(29(27)43-19-28(39)40)17-35-26-9-6-23(32)16-25(26)31(41)36-24-7-4-21(5-8-24)30(33)34/h4-9,14-16,35H,3,10-13,17-19H2,1-2H3,(H3,33,34)(H,36,41)(H,39,40). The molecule has 0 atom stereocenters. The zero-order chi connectivity index (χ0) is 30.9. The van der Waals surface area contributed by atoms with Crippen molar-refractivity contribution in [3.8, 4) is 11.5 Å². The SMILES string of the molecule is CCOc1cc(CN2CCN(C)CC2)cc(CNc2ccc(Cl)cc2C(=O)Nc2ccc(C(=N)N)cc2)c1OCC(=O)O. The van der Waals surface area contributed by atoms with Crippen molar-refractivity contribution in [2.75, 3.05) is 57.1 Å². The van der Waals surface area contributed by atoms with Gasteiger partial charge in [-0.25, -0.2) is 4.79 Å². The third kappa shape index (κ3) is 8.84. The molecule has 0 bridgehead atoms. The smallest absolute Gasteiger partial charge is 0.341 e. The number of ether oxygens (including phenoxy) is 2. The van der Waals surface area contributed by atoms with E-state index in [1.165, 1.54) is 0 Å². The summed E-state index contributed by atoms with van der Waals surface area (Å²) in [5, 5.41) is 23.4. The van der Waals surface area contributed by atoms with Crippen molar-refractivity contribution < 1.29 is 24.2 Å². The van der Waals surface area contributed by atoms with Gasteiger partial charge >= 0.3 is 5.97 Å². The van der Waals surface area contributed by atoms with Crippen LogP contribution in [0.25, 0.3) is 0 Å². The number of amides is 1. The van der Waals surface area contributed by atoms with Gasteiger partial charge in [-0.1, -0.05) is 11.6 Å². The molecule has 43 heavy (non-hydrogen) atoms. The van der Waals surface area contributed by atoms with Gasteiger partial charge in [-0.15, -0.1) is 0 Å². The van der Waals surface area contributed by atoms with E-state index in [2.05, 4.69) is 27.5 Å². The molecule has 228 valence electrons. The molecule has 0 aliphatic carbocycles. The number of nitrogen functional groups attached to an aromatic ring is 1. The number of nitrogens with zero attached hydrogens (tertiary/aromatic N) is 2. The Labute approximate surface area is 256 Å². The molecular weight excluding hydrogens is 572 g/mol. The highest BCUT2D eigenvalue weighted by molar-refractivity contribution is 6.31. The molecule has 0 spiro atoms. The number of benzene rings is 3. The number of likely N-dealkylation sites (N-methyl/N-ethyl adjacent to an activating group) is 1. The van der Waals surface area contributed by atoms with Crippen LogP contribution in [0, 0.1) is 5.41 Å². The summed E-state index contributed by atoms with van der Waals surface area (Å²) in [6, 6.07) is 15.5. The monoisotopic (exact) mass is 608 g/mol. The van der Waals surface area contributed by atoms with E-state index >= 15 is 0 Å². The first kappa shape index (κ1) is 31.6. The van der Waals surface area contributed by atoms with Gasteiger partial charge in [-0.05, 0) is 74.1 Å². The van der Waals surface area contributed by atoms with Crippen LogP contribution in [-0.2, 0) is 17.9 Å². The first-order valence-electron chi connectivity index (χ1n) is 14.0. The van der Waals surface area contributed by atoms with Crippen molar-refractivity contribution in [1.82, 2.24) is 9.80 Å². The fourth-order valence-electron chi connectivity index (χ4n) is 4.75. The van der Waals surface area contributed by atoms with Gasteiger partial charge in [0.15, 0.2) is 18.1 Å². The number of carbonyl (C=O) groups excluding carboxylic acids is 1. The topological polar surface area (TPSA) is 153 Å². The number of hydrogen-bond donors (Lipinski definition) is 5. The summed E-state index contributed by atoms with van der Waals surface area (Å²) in [7, 11) is 2.11. The molecule has 6 N–H and O–H groups in total. The van der Waals surface area contributed by atoms with Gasteiger partial charge in [0.1, 0.15) is 5.84 Å². The van der Waals surface area contributed by atoms with Crippen LogP contribution in [0.1, 0.15) is 34.0 Å². The Kier molecular flexibility index (Phi) is 10.8. The van der Waals surface area contributed by atoms with E-state index in [0.29, 0.717) is 57.7 Å². The van der Waals surface area contributed by atoms with Gasteiger partial charge in [-0.3, -0.25) is 15.1 Å². The van der Waals surface area contributed by atoms with Crippen LogP contribution >= 0.6 is 11.6 Å². The Balaban J connectivity index is 1.60. The van der Waals surface area contributed by atoms with E-state index < -0.39 is 12.6 Å². The second kappa shape index (κ2) is 14.7. The minimum absolute atomic E-state index is 0.0639. The van der Waals surface area contributed by atoms with Gasteiger partial charge < -0.3 is 35.8 Å². The quantitative estimate of drug-likeness (QED) is 0.143. The van der Waals surface area contributed by atoms with Gasteiger partial charge in [-0.2, -0.15) is 0 Å². The minimum atomic E-state index is -1.10. The number of amidine groups is 1. The number of anilines is 2. The van der Waals surface area contributed by atoms with Crippen LogP contribution in [0.5, 0.6) is 11.5 Å². The van der Waals surface area contributed by atoms with E-state index in [9.17, 15) is 14.7 Å². The predicted molar refractivity (Wildman–Crippen MR) is 168 cm³/mol. The Morgan fingerprint density at radius 2 is 1.77 bits per heavy atom. The zero-order valence-corrected chi connectivity index (χ0v) is 25.0. The molecule has 1 heterocycles. The molecule has 3 aromatic carbocycles. The van der Waals surface area contributed by atoms with Gasteiger partial charge in [0.25, 0.3) is 5.91 Å². The molecule has 1 amide bonds. The largest absolute Gasteiger partial charge is 0.490 e. The second-order valence-electron chi connectivity index (χ2n) is 10.3. The van der Waals surface area contributed by atoms with Crippen molar-refractivity contribution in [2.24, 2.45) is 5.73 Å². The maximum atomic E-state index is 13.3. The first-order chi connectivity index (χ1) is 20.6. The number of piperazine rings is 1.